The number of aliphatic hydroxyl groups is 1. The molecule has 1 aliphatic rings. The van der Waals surface area contributed by atoms with Crippen molar-refractivity contribution in [2.75, 3.05) is 13.1 Å². The maximum atomic E-state index is 12.9. The minimum Gasteiger partial charge on any atom is -0.393 e. The molecule has 0 spiro atoms. The molecule has 2 atom stereocenters. The van der Waals surface area contributed by atoms with Crippen LogP contribution in [-0.4, -0.2) is 40.1 Å². The van der Waals surface area contributed by atoms with Crippen LogP contribution in [-0.2, 0) is 6.42 Å². The van der Waals surface area contributed by atoms with E-state index in [0.29, 0.717) is 6.54 Å². The number of carbonyl (C=O) groups excluding carboxylic acids is 1. The summed E-state index contributed by atoms with van der Waals surface area (Å²) in [6.45, 7) is 5.14. The van der Waals surface area contributed by atoms with Crippen LogP contribution >= 0.6 is 11.3 Å². The molecular formula is C19H24N2O2S. The Bertz CT molecular complexity index is 697. The summed E-state index contributed by atoms with van der Waals surface area (Å²) in [4.78, 5) is 20.1. The number of aromatic nitrogens is 1. The van der Waals surface area contributed by atoms with E-state index in [9.17, 15) is 9.90 Å². The monoisotopic (exact) mass is 344 g/mol. The molecule has 5 heteroatoms. The van der Waals surface area contributed by atoms with Gasteiger partial charge in [0.05, 0.1) is 16.8 Å². The van der Waals surface area contributed by atoms with Gasteiger partial charge in [-0.25, -0.2) is 4.98 Å². The Hall–Kier alpha value is -1.72. The third-order valence-electron chi connectivity index (χ3n) is 4.66. The lowest BCUT2D eigenvalue weighted by Crippen LogP contribution is -2.42. The molecule has 0 saturated carbocycles. The Morgan fingerprint density at radius 2 is 2.17 bits per heavy atom. The Morgan fingerprint density at radius 3 is 2.88 bits per heavy atom. The molecule has 0 aliphatic carbocycles. The van der Waals surface area contributed by atoms with E-state index >= 15 is 0 Å². The molecular weight excluding hydrogens is 320 g/mol. The summed E-state index contributed by atoms with van der Waals surface area (Å²) in [7, 11) is 0. The Morgan fingerprint density at radius 1 is 1.42 bits per heavy atom. The van der Waals surface area contributed by atoms with E-state index in [1.54, 1.807) is 0 Å². The number of carbonyl (C=O) groups is 1. The lowest BCUT2D eigenvalue weighted by molar-refractivity contribution is 0.0469. The van der Waals surface area contributed by atoms with Gasteiger partial charge in [0.25, 0.3) is 5.91 Å². The molecule has 0 bridgehead atoms. The molecule has 1 fully saturated rings. The maximum absolute atomic E-state index is 12.9. The lowest BCUT2D eigenvalue weighted by atomic mass is 9.93. The molecule has 4 nitrogen and oxygen atoms in total. The van der Waals surface area contributed by atoms with Crippen molar-refractivity contribution >= 4 is 17.2 Å². The van der Waals surface area contributed by atoms with Gasteiger partial charge in [0, 0.05) is 25.4 Å². The van der Waals surface area contributed by atoms with Gasteiger partial charge < -0.3 is 10.0 Å². The average molecular weight is 344 g/mol. The molecule has 1 aromatic heterocycles. The standard InChI is InChI=1S/C19H24N2O2S/c1-13-18(19(23)21-10-6-9-16(12-21)14(2)22)24-17(20-13)11-15-7-4-3-5-8-15/h3-5,7-8,14,16,22H,6,9-12H2,1-2H3. The maximum Gasteiger partial charge on any atom is 0.265 e. The molecule has 1 N–H and O–H groups in total. The number of amides is 1. The Balaban J connectivity index is 1.73. The SMILES string of the molecule is Cc1nc(Cc2ccccc2)sc1C(=O)N1CCCC(C(C)O)C1. The van der Waals surface area contributed by atoms with Crippen molar-refractivity contribution in [3.63, 3.8) is 0 Å². The fourth-order valence-corrected chi connectivity index (χ4v) is 4.30. The number of aryl methyl sites for hydroxylation is 1. The smallest absolute Gasteiger partial charge is 0.265 e. The summed E-state index contributed by atoms with van der Waals surface area (Å²) in [6, 6.07) is 10.2. The first-order chi connectivity index (χ1) is 11.5. The van der Waals surface area contributed by atoms with Crippen LogP contribution in [0.1, 0.15) is 45.7 Å². The van der Waals surface area contributed by atoms with Crippen molar-refractivity contribution < 1.29 is 9.90 Å². The van der Waals surface area contributed by atoms with E-state index in [-0.39, 0.29) is 17.9 Å². The number of piperidine rings is 1. The number of benzene rings is 1. The number of thiazole rings is 1. The summed E-state index contributed by atoms with van der Waals surface area (Å²) in [5.74, 6) is 0.245. The molecule has 0 radical (unpaired) electrons. The van der Waals surface area contributed by atoms with Crippen LogP contribution < -0.4 is 0 Å². The highest BCUT2D eigenvalue weighted by Gasteiger charge is 2.29. The quantitative estimate of drug-likeness (QED) is 0.926. The lowest BCUT2D eigenvalue weighted by Gasteiger charge is -2.34. The van der Waals surface area contributed by atoms with Gasteiger partial charge in [-0.1, -0.05) is 30.3 Å². The van der Waals surface area contributed by atoms with Crippen LogP contribution in [0.5, 0.6) is 0 Å². The fraction of sp³-hybridized carbons (Fsp3) is 0.474. The molecule has 2 aromatic rings. The summed E-state index contributed by atoms with van der Waals surface area (Å²) >= 11 is 1.50. The highest BCUT2D eigenvalue weighted by atomic mass is 32.1. The van der Waals surface area contributed by atoms with Crippen LogP contribution in [0.2, 0.25) is 0 Å². The summed E-state index contributed by atoms with van der Waals surface area (Å²) in [6.07, 6.45) is 2.34. The second-order valence-corrected chi connectivity index (χ2v) is 7.66. The first-order valence-electron chi connectivity index (χ1n) is 8.52. The van der Waals surface area contributed by atoms with Crippen molar-refractivity contribution in [2.45, 2.75) is 39.2 Å². The van der Waals surface area contributed by atoms with Gasteiger partial charge in [-0.3, -0.25) is 4.79 Å². The molecule has 2 unspecified atom stereocenters. The zero-order valence-corrected chi connectivity index (χ0v) is 15.1. The van der Waals surface area contributed by atoms with E-state index in [2.05, 4.69) is 17.1 Å². The van der Waals surface area contributed by atoms with Crippen LogP contribution in [0.25, 0.3) is 0 Å². The predicted molar refractivity (Wildman–Crippen MR) is 96.4 cm³/mol. The minimum absolute atomic E-state index is 0.0645. The van der Waals surface area contributed by atoms with Gasteiger partial charge in [0.15, 0.2) is 0 Å². The number of aliphatic hydroxyl groups excluding tert-OH is 1. The molecule has 1 aromatic carbocycles. The predicted octanol–water partition coefficient (Wildman–Crippen LogP) is 3.28. The van der Waals surface area contributed by atoms with Crippen molar-refractivity contribution in [3.05, 3.63) is 51.5 Å². The molecule has 2 heterocycles. The summed E-state index contributed by atoms with van der Waals surface area (Å²) in [5, 5.41) is 10.8. The molecule has 1 amide bonds. The van der Waals surface area contributed by atoms with Crippen LogP contribution in [0, 0.1) is 12.8 Å². The largest absolute Gasteiger partial charge is 0.393 e. The van der Waals surface area contributed by atoms with Gasteiger partial charge in [0.1, 0.15) is 4.88 Å². The fourth-order valence-electron chi connectivity index (χ4n) is 3.23. The van der Waals surface area contributed by atoms with Crippen LogP contribution in [0.4, 0.5) is 0 Å². The van der Waals surface area contributed by atoms with Crippen molar-refractivity contribution in [1.29, 1.82) is 0 Å². The third-order valence-corrected chi connectivity index (χ3v) is 5.81. The van der Waals surface area contributed by atoms with Gasteiger partial charge in [-0.05, 0) is 32.3 Å². The van der Waals surface area contributed by atoms with Gasteiger partial charge in [-0.15, -0.1) is 11.3 Å². The number of rotatable bonds is 4. The molecule has 1 saturated heterocycles. The zero-order chi connectivity index (χ0) is 17.1. The zero-order valence-electron chi connectivity index (χ0n) is 14.2. The number of nitrogens with zero attached hydrogens (tertiary/aromatic N) is 2. The topological polar surface area (TPSA) is 53.4 Å². The highest BCUT2D eigenvalue weighted by Crippen LogP contribution is 2.26. The van der Waals surface area contributed by atoms with E-state index < -0.39 is 0 Å². The minimum atomic E-state index is -0.364. The van der Waals surface area contributed by atoms with Crippen molar-refractivity contribution in [3.8, 4) is 0 Å². The average Bonchev–Trinajstić information content (AvgIpc) is 2.95. The number of hydrogen-bond acceptors (Lipinski definition) is 4. The van der Waals surface area contributed by atoms with Gasteiger partial charge >= 0.3 is 0 Å². The van der Waals surface area contributed by atoms with E-state index in [4.69, 9.17) is 0 Å². The summed E-state index contributed by atoms with van der Waals surface area (Å²) < 4.78 is 0. The normalized spacial score (nSPS) is 19.3. The molecule has 3 rings (SSSR count). The van der Waals surface area contributed by atoms with E-state index in [1.807, 2.05) is 36.9 Å². The molecule has 1 aliphatic heterocycles. The Labute approximate surface area is 147 Å². The van der Waals surface area contributed by atoms with Crippen molar-refractivity contribution in [1.82, 2.24) is 9.88 Å². The third kappa shape index (κ3) is 3.84. The summed E-state index contributed by atoms with van der Waals surface area (Å²) in [5.41, 5.74) is 2.02. The molecule has 128 valence electrons. The van der Waals surface area contributed by atoms with E-state index in [1.165, 1.54) is 16.9 Å². The first kappa shape index (κ1) is 17.1. The second-order valence-electron chi connectivity index (χ2n) is 6.58. The molecule has 24 heavy (non-hydrogen) atoms. The van der Waals surface area contributed by atoms with E-state index in [0.717, 1.165) is 41.4 Å². The highest BCUT2D eigenvalue weighted by molar-refractivity contribution is 7.13. The Kier molecular flexibility index (Phi) is 5.31. The number of hydrogen-bond donors (Lipinski definition) is 1. The van der Waals surface area contributed by atoms with Crippen LogP contribution in [0.15, 0.2) is 30.3 Å². The second kappa shape index (κ2) is 7.45. The van der Waals surface area contributed by atoms with Crippen molar-refractivity contribution in [2.24, 2.45) is 5.92 Å². The van der Waals surface area contributed by atoms with Gasteiger partial charge in [0.2, 0.25) is 0 Å². The van der Waals surface area contributed by atoms with Gasteiger partial charge in [-0.2, -0.15) is 0 Å². The van der Waals surface area contributed by atoms with Crippen LogP contribution in [0.3, 0.4) is 0 Å². The first-order valence-corrected chi connectivity index (χ1v) is 9.34. The number of likely N-dealkylation sites (tertiary alicyclic amines) is 1.